The van der Waals surface area contributed by atoms with Crippen LogP contribution in [0.15, 0.2) is 18.2 Å². The molecule has 1 aliphatic rings. The van der Waals surface area contributed by atoms with E-state index < -0.39 is 23.7 Å². The Balaban J connectivity index is 2.05. The monoisotopic (exact) mass is 297 g/mol. The van der Waals surface area contributed by atoms with Gasteiger partial charge in [0.25, 0.3) is 0 Å². The van der Waals surface area contributed by atoms with Gasteiger partial charge >= 0.3 is 6.03 Å². The minimum Gasteiger partial charge on any atom is -0.336 e. The predicted octanol–water partition coefficient (Wildman–Crippen LogP) is 1.51. The number of likely N-dealkylation sites (N-methyl/N-ethyl adjacent to an activating group) is 1. The van der Waals surface area contributed by atoms with Crippen LogP contribution in [0, 0.1) is 11.6 Å². The van der Waals surface area contributed by atoms with Gasteiger partial charge in [0.2, 0.25) is 5.91 Å². The molecule has 0 radical (unpaired) electrons. The van der Waals surface area contributed by atoms with Gasteiger partial charge in [-0.05, 0) is 32.2 Å². The summed E-state index contributed by atoms with van der Waals surface area (Å²) < 4.78 is 26.9. The number of hydrogen-bond acceptors (Lipinski definition) is 3. The number of urea groups is 1. The van der Waals surface area contributed by atoms with Gasteiger partial charge in [-0.2, -0.15) is 0 Å². The number of benzene rings is 1. The molecule has 114 valence electrons. The molecule has 1 saturated heterocycles. The van der Waals surface area contributed by atoms with Gasteiger partial charge in [-0.25, -0.2) is 13.6 Å². The highest BCUT2D eigenvalue weighted by Gasteiger charge is 2.28. The van der Waals surface area contributed by atoms with E-state index in [1.54, 1.807) is 18.9 Å². The number of amides is 3. The third-order valence-corrected chi connectivity index (χ3v) is 3.61. The number of halogens is 2. The summed E-state index contributed by atoms with van der Waals surface area (Å²) in [6.07, 6.45) is 0. The van der Waals surface area contributed by atoms with Gasteiger partial charge in [0.05, 0.1) is 6.54 Å². The Morgan fingerprint density at radius 3 is 2.81 bits per heavy atom. The number of carbonyl (C=O) groups is 2. The summed E-state index contributed by atoms with van der Waals surface area (Å²) in [7, 11) is 1.63. The lowest BCUT2D eigenvalue weighted by Gasteiger charge is -2.26. The first-order valence-electron chi connectivity index (χ1n) is 6.63. The Morgan fingerprint density at radius 2 is 2.19 bits per heavy atom. The van der Waals surface area contributed by atoms with E-state index in [9.17, 15) is 18.4 Å². The third-order valence-electron chi connectivity index (χ3n) is 3.61. The molecule has 1 aromatic carbocycles. The molecule has 1 aliphatic heterocycles. The minimum absolute atomic E-state index is 0.0511. The maximum absolute atomic E-state index is 13.7. The smallest absolute Gasteiger partial charge is 0.324 e. The number of rotatable bonds is 4. The Kier molecular flexibility index (Phi) is 4.52. The SMILES string of the molecule is CC(c1cc(F)ccc1F)N(C)CC(=O)N1CCNC1=O. The average molecular weight is 297 g/mol. The summed E-state index contributed by atoms with van der Waals surface area (Å²) in [5.41, 5.74) is 0.177. The van der Waals surface area contributed by atoms with E-state index in [0.717, 1.165) is 23.1 Å². The van der Waals surface area contributed by atoms with Crippen molar-refractivity contribution in [3.05, 3.63) is 35.4 Å². The Morgan fingerprint density at radius 1 is 1.48 bits per heavy atom. The summed E-state index contributed by atoms with van der Waals surface area (Å²) >= 11 is 0. The van der Waals surface area contributed by atoms with Crippen LogP contribution in [0.1, 0.15) is 18.5 Å². The van der Waals surface area contributed by atoms with Crippen LogP contribution in [0.2, 0.25) is 0 Å². The normalized spacial score (nSPS) is 16.2. The van der Waals surface area contributed by atoms with Gasteiger partial charge in [0.15, 0.2) is 0 Å². The number of carbonyl (C=O) groups excluding carboxylic acids is 2. The highest BCUT2D eigenvalue weighted by atomic mass is 19.1. The van der Waals surface area contributed by atoms with Gasteiger partial charge in [0, 0.05) is 24.7 Å². The molecule has 21 heavy (non-hydrogen) atoms. The lowest BCUT2D eigenvalue weighted by molar-refractivity contribution is -0.128. The zero-order chi connectivity index (χ0) is 15.6. The Bertz CT molecular complexity index is 565. The molecular formula is C14H17F2N3O2. The molecule has 1 fully saturated rings. The van der Waals surface area contributed by atoms with Crippen LogP contribution in [0.3, 0.4) is 0 Å². The standard InChI is InChI=1S/C14H17F2N3O2/c1-9(11-7-10(15)3-4-12(11)16)18(2)8-13(20)19-6-5-17-14(19)21/h3-4,7,9H,5-6,8H2,1-2H3,(H,17,21). The zero-order valence-corrected chi connectivity index (χ0v) is 11.9. The first kappa shape index (κ1) is 15.4. The molecule has 2 rings (SSSR count). The Hall–Kier alpha value is -2.02. The van der Waals surface area contributed by atoms with E-state index in [4.69, 9.17) is 0 Å². The van der Waals surface area contributed by atoms with Gasteiger partial charge in [-0.15, -0.1) is 0 Å². The Labute approximate surface area is 121 Å². The second-order valence-electron chi connectivity index (χ2n) is 5.03. The average Bonchev–Trinajstić information content (AvgIpc) is 2.87. The molecule has 1 aromatic rings. The number of imide groups is 1. The maximum atomic E-state index is 13.7. The summed E-state index contributed by atoms with van der Waals surface area (Å²) in [5, 5.41) is 2.54. The molecule has 5 nitrogen and oxygen atoms in total. The van der Waals surface area contributed by atoms with E-state index in [1.807, 2.05) is 0 Å². The van der Waals surface area contributed by atoms with Gasteiger partial charge in [-0.1, -0.05) is 0 Å². The predicted molar refractivity (Wildman–Crippen MR) is 72.5 cm³/mol. The van der Waals surface area contributed by atoms with Crippen LogP contribution in [-0.4, -0.2) is 48.4 Å². The van der Waals surface area contributed by atoms with Crippen molar-refractivity contribution in [1.29, 1.82) is 0 Å². The molecule has 0 aromatic heterocycles. The van der Waals surface area contributed by atoms with Crippen LogP contribution in [0.25, 0.3) is 0 Å². The third kappa shape index (κ3) is 3.36. The van der Waals surface area contributed by atoms with Crippen molar-refractivity contribution in [2.24, 2.45) is 0 Å². The summed E-state index contributed by atoms with van der Waals surface area (Å²) in [5.74, 6) is -1.42. The van der Waals surface area contributed by atoms with Crippen molar-refractivity contribution < 1.29 is 18.4 Å². The van der Waals surface area contributed by atoms with Crippen molar-refractivity contribution in [1.82, 2.24) is 15.1 Å². The quantitative estimate of drug-likeness (QED) is 0.916. The molecule has 1 unspecified atom stereocenters. The first-order valence-corrected chi connectivity index (χ1v) is 6.63. The van der Waals surface area contributed by atoms with E-state index in [0.29, 0.717) is 13.1 Å². The summed E-state index contributed by atoms with van der Waals surface area (Å²) in [6, 6.07) is 2.31. The molecule has 1 atom stereocenters. The maximum Gasteiger partial charge on any atom is 0.324 e. The zero-order valence-electron chi connectivity index (χ0n) is 11.9. The molecule has 7 heteroatoms. The summed E-state index contributed by atoms with van der Waals surface area (Å²) in [4.78, 5) is 26.1. The van der Waals surface area contributed by atoms with Crippen LogP contribution in [0.4, 0.5) is 13.6 Å². The van der Waals surface area contributed by atoms with E-state index >= 15 is 0 Å². The largest absolute Gasteiger partial charge is 0.336 e. The van der Waals surface area contributed by atoms with Gasteiger partial charge in [0.1, 0.15) is 11.6 Å². The second kappa shape index (κ2) is 6.17. The van der Waals surface area contributed by atoms with Crippen LogP contribution in [-0.2, 0) is 4.79 Å². The highest BCUT2D eigenvalue weighted by Crippen LogP contribution is 2.22. The fraction of sp³-hybridized carbons (Fsp3) is 0.429. The highest BCUT2D eigenvalue weighted by molar-refractivity contribution is 5.96. The van der Waals surface area contributed by atoms with E-state index in [1.165, 1.54) is 0 Å². The molecule has 1 heterocycles. The molecule has 1 N–H and O–H groups in total. The fourth-order valence-corrected chi connectivity index (χ4v) is 2.22. The topological polar surface area (TPSA) is 52.7 Å². The van der Waals surface area contributed by atoms with Crippen LogP contribution in [0.5, 0.6) is 0 Å². The molecule has 0 spiro atoms. The number of nitrogens with zero attached hydrogens (tertiary/aromatic N) is 2. The molecular weight excluding hydrogens is 280 g/mol. The van der Waals surface area contributed by atoms with Crippen molar-refractivity contribution in [2.45, 2.75) is 13.0 Å². The lowest BCUT2D eigenvalue weighted by atomic mass is 10.1. The molecule has 3 amide bonds. The van der Waals surface area contributed by atoms with Crippen molar-refractivity contribution >= 4 is 11.9 Å². The fourth-order valence-electron chi connectivity index (χ4n) is 2.22. The lowest BCUT2D eigenvalue weighted by Crippen LogP contribution is -2.41. The number of nitrogens with one attached hydrogen (secondary N) is 1. The first-order chi connectivity index (χ1) is 9.90. The number of hydrogen-bond donors (Lipinski definition) is 1. The summed E-state index contributed by atoms with van der Waals surface area (Å²) in [6.45, 7) is 2.39. The van der Waals surface area contributed by atoms with Gasteiger partial charge < -0.3 is 5.32 Å². The van der Waals surface area contributed by atoms with E-state index in [2.05, 4.69) is 5.32 Å². The van der Waals surface area contributed by atoms with Crippen LogP contribution >= 0.6 is 0 Å². The molecule has 0 bridgehead atoms. The van der Waals surface area contributed by atoms with Gasteiger partial charge in [-0.3, -0.25) is 14.6 Å². The van der Waals surface area contributed by atoms with Crippen molar-refractivity contribution in [2.75, 3.05) is 26.7 Å². The molecule has 0 aliphatic carbocycles. The van der Waals surface area contributed by atoms with Crippen molar-refractivity contribution in [3.8, 4) is 0 Å². The van der Waals surface area contributed by atoms with Crippen molar-refractivity contribution in [3.63, 3.8) is 0 Å². The molecule has 0 saturated carbocycles. The van der Waals surface area contributed by atoms with E-state index in [-0.39, 0.29) is 18.0 Å². The van der Waals surface area contributed by atoms with Crippen LogP contribution < -0.4 is 5.32 Å². The minimum atomic E-state index is -0.531. The second-order valence-corrected chi connectivity index (χ2v) is 5.03.